The number of hydrogen-bond acceptors (Lipinski definition) is 2. The van der Waals surface area contributed by atoms with E-state index < -0.39 is 17.0 Å². The second-order valence-corrected chi connectivity index (χ2v) is 2.30. The van der Waals surface area contributed by atoms with Gasteiger partial charge in [0.1, 0.15) is 6.67 Å². The van der Waals surface area contributed by atoms with Gasteiger partial charge in [0.05, 0.1) is 0 Å². The molecule has 0 fully saturated rings. The molecule has 0 aliphatic carbocycles. The molecular weight excluding hydrogens is 137 g/mol. The molecule has 0 aromatic rings. The summed E-state index contributed by atoms with van der Waals surface area (Å²) in [5, 5.41) is 0. The molecule has 0 aliphatic rings. The zero-order valence-corrected chi connectivity index (χ0v) is 4.78. The molecule has 0 aromatic carbocycles. The Balaban J connectivity index is 3.42. The standard InChI is InChI=1S/C2H6FNO3S/c3-1-2-4-8(5,6)7/h4H,1-2H2,(H,5,6,7). The number of halogens is 1. The molecule has 0 amide bonds. The Bertz CT molecular complexity index is 141. The lowest BCUT2D eigenvalue weighted by Crippen LogP contribution is -2.24. The van der Waals surface area contributed by atoms with Crippen molar-refractivity contribution in [1.82, 2.24) is 4.72 Å². The van der Waals surface area contributed by atoms with Crippen LogP contribution in [0.1, 0.15) is 0 Å². The van der Waals surface area contributed by atoms with Crippen molar-refractivity contribution < 1.29 is 17.4 Å². The summed E-state index contributed by atoms with van der Waals surface area (Å²) in [6, 6.07) is 0. The molecule has 2 N–H and O–H groups in total. The number of nitrogens with one attached hydrogen (secondary N) is 1. The summed E-state index contributed by atoms with van der Waals surface area (Å²) in [6.07, 6.45) is 0. The highest BCUT2D eigenvalue weighted by Gasteiger charge is 1.98. The third-order valence-corrected chi connectivity index (χ3v) is 0.948. The highest BCUT2D eigenvalue weighted by atomic mass is 32.2. The lowest BCUT2D eigenvalue weighted by molar-refractivity contribution is 0.446. The molecule has 0 heterocycles. The Hall–Kier alpha value is -0.200. The summed E-state index contributed by atoms with van der Waals surface area (Å²) >= 11 is 0. The number of rotatable bonds is 3. The van der Waals surface area contributed by atoms with Crippen molar-refractivity contribution in [2.45, 2.75) is 0 Å². The smallest absolute Gasteiger partial charge is 0.273 e. The highest BCUT2D eigenvalue weighted by Crippen LogP contribution is 1.70. The van der Waals surface area contributed by atoms with Crippen LogP contribution in [0.15, 0.2) is 0 Å². The SMILES string of the molecule is O=S(=O)(O)NCCF. The van der Waals surface area contributed by atoms with E-state index in [9.17, 15) is 12.8 Å². The van der Waals surface area contributed by atoms with Crippen LogP contribution in [0.2, 0.25) is 0 Å². The summed E-state index contributed by atoms with van der Waals surface area (Å²) < 4.78 is 39.8. The Morgan fingerprint density at radius 1 is 1.62 bits per heavy atom. The van der Waals surface area contributed by atoms with Gasteiger partial charge in [0.25, 0.3) is 0 Å². The Labute approximate surface area is 46.6 Å². The molecule has 0 bridgehead atoms. The maximum absolute atomic E-state index is 11.1. The van der Waals surface area contributed by atoms with Gasteiger partial charge in [-0.25, -0.2) is 4.39 Å². The van der Waals surface area contributed by atoms with E-state index >= 15 is 0 Å². The van der Waals surface area contributed by atoms with E-state index in [1.165, 1.54) is 4.72 Å². The molecule has 0 spiro atoms. The van der Waals surface area contributed by atoms with Crippen LogP contribution in [0.5, 0.6) is 0 Å². The van der Waals surface area contributed by atoms with Gasteiger partial charge in [-0.1, -0.05) is 0 Å². The van der Waals surface area contributed by atoms with Crippen molar-refractivity contribution in [2.75, 3.05) is 13.2 Å². The largest absolute Gasteiger partial charge is 0.333 e. The minimum Gasteiger partial charge on any atom is -0.273 e. The second kappa shape index (κ2) is 2.95. The predicted octanol–water partition coefficient (Wildman–Crippen LogP) is -0.652. The molecule has 0 aromatic heterocycles. The third-order valence-electron chi connectivity index (χ3n) is 0.379. The van der Waals surface area contributed by atoms with E-state index in [1.807, 2.05) is 0 Å². The summed E-state index contributed by atoms with van der Waals surface area (Å²) in [7, 11) is -4.18. The molecular formula is C2H6FNO3S. The summed E-state index contributed by atoms with van der Waals surface area (Å²) in [6.45, 7) is -1.20. The van der Waals surface area contributed by atoms with Crippen LogP contribution >= 0.6 is 0 Å². The normalized spacial score (nSPS) is 11.8. The summed E-state index contributed by atoms with van der Waals surface area (Å²) in [5.41, 5.74) is 0. The fourth-order valence-electron chi connectivity index (χ4n) is 0.168. The van der Waals surface area contributed by atoms with Crippen molar-refractivity contribution in [3.8, 4) is 0 Å². The van der Waals surface area contributed by atoms with Gasteiger partial charge in [-0.05, 0) is 0 Å². The van der Waals surface area contributed by atoms with Gasteiger partial charge >= 0.3 is 10.3 Å². The van der Waals surface area contributed by atoms with E-state index in [4.69, 9.17) is 4.55 Å². The maximum atomic E-state index is 11.1. The van der Waals surface area contributed by atoms with Gasteiger partial charge < -0.3 is 0 Å². The molecule has 8 heavy (non-hydrogen) atoms. The van der Waals surface area contributed by atoms with Crippen molar-refractivity contribution in [2.24, 2.45) is 0 Å². The van der Waals surface area contributed by atoms with Gasteiger partial charge in [-0.3, -0.25) is 4.55 Å². The van der Waals surface area contributed by atoms with E-state index in [-0.39, 0.29) is 6.54 Å². The molecule has 0 unspecified atom stereocenters. The molecule has 0 aliphatic heterocycles. The van der Waals surface area contributed by atoms with E-state index in [1.54, 1.807) is 0 Å². The first-order chi connectivity index (χ1) is 3.56. The topological polar surface area (TPSA) is 66.4 Å². The summed E-state index contributed by atoms with van der Waals surface area (Å²) in [5.74, 6) is 0. The van der Waals surface area contributed by atoms with E-state index in [0.717, 1.165) is 0 Å². The molecule has 0 atom stereocenters. The van der Waals surface area contributed by atoms with Crippen molar-refractivity contribution >= 4 is 10.3 Å². The summed E-state index contributed by atoms with van der Waals surface area (Å²) in [4.78, 5) is 0. The zero-order chi connectivity index (χ0) is 6.62. The molecule has 0 saturated carbocycles. The van der Waals surface area contributed by atoms with Crippen LogP contribution in [0, 0.1) is 0 Å². The first kappa shape index (κ1) is 7.80. The van der Waals surface area contributed by atoms with Crippen molar-refractivity contribution in [3.05, 3.63) is 0 Å². The first-order valence-corrected chi connectivity index (χ1v) is 3.28. The Kier molecular flexibility index (Phi) is 2.88. The van der Waals surface area contributed by atoms with Gasteiger partial charge in [0.15, 0.2) is 0 Å². The average Bonchev–Trinajstić information content (AvgIpc) is 1.59. The minimum absolute atomic E-state index is 0.376. The van der Waals surface area contributed by atoms with Gasteiger partial charge in [-0.2, -0.15) is 13.1 Å². The minimum atomic E-state index is -4.18. The van der Waals surface area contributed by atoms with E-state index in [0.29, 0.717) is 0 Å². The Morgan fingerprint density at radius 3 is 2.25 bits per heavy atom. The fraction of sp³-hybridized carbons (Fsp3) is 1.00. The van der Waals surface area contributed by atoms with Crippen LogP contribution in [-0.4, -0.2) is 26.2 Å². The average molecular weight is 143 g/mol. The van der Waals surface area contributed by atoms with Gasteiger partial charge in [-0.15, -0.1) is 0 Å². The quantitative estimate of drug-likeness (QED) is 0.516. The second-order valence-electron chi connectivity index (χ2n) is 1.06. The highest BCUT2D eigenvalue weighted by molar-refractivity contribution is 7.83. The van der Waals surface area contributed by atoms with Crippen molar-refractivity contribution in [1.29, 1.82) is 0 Å². The molecule has 6 heteroatoms. The molecule has 0 saturated heterocycles. The fourth-order valence-corrected chi connectivity index (χ4v) is 0.503. The predicted molar refractivity (Wildman–Crippen MR) is 25.5 cm³/mol. The van der Waals surface area contributed by atoms with Gasteiger partial charge in [0.2, 0.25) is 0 Å². The molecule has 0 radical (unpaired) electrons. The molecule has 0 rings (SSSR count). The van der Waals surface area contributed by atoms with Crippen LogP contribution in [0.3, 0.4) is 0 Å². The van der Waals surface area contributed by atoms with Crippen LogP contribution in [0.4, 0.5) is 4.39 Å². The van der Waals surface area contributed by atoms with Crippen LogP contribution in [-0.2, 0) is 10.3 Å². The zero-order valence-electron chi connectivity index (χ0n) is 3.96. The van der Waals surface area contributed by atoms with E-state index in [2.05, 4.69) is 0 Å². The monoisotopic (exact) mass is 143 g/mol. The third kappa shape index (κ3) is 5.80. The lowest BCUT2D eigenvalue weighted by atomic mass is 10.8. The Morgan fingerprint density at radius 2 is 2.12 bits per heavy atom. The number of hydrogen-bond donors (Lipinski definition) is 2. The number of alkyl halides is 1. The first-order valence-electron chi connectivity index (χ1n) is 1.84. The molecule has 4 nitrogen and oxygen atoms in total. The van der Waals surface area contributed by atoms with Crippen LogP contribution < -0.4 is 4.72 Å². The maximum Gasteiger partial charge on any atom is 0.333 e. The van der Waals surface area contributed by atoms with Crippen molar-refractivity contribution in [3.63, 3.8) is 0 Å². The van der Waals surface area contributed by atoms with Crippen LogP contribution in [0.25, 0.3) is 0 Å². The van der Waals surface area contributed by atoms with Gasteiger partial charge in [0, 0.05) is 6.54 Å². The molecule has 50 valence electrons. The lowest BCUT2D eigenvalue weighted by Gasteiger charge is -1.92.